The summed E-state index contributed by atoms with van der Waals surface area (Å²) in [5.74, 6) is 2.96. The number of benzene rings is 2. The third-order valence-corrected chi connectivity index (χ3v) is 8.83. The Hall–Kier alpha value is -3.34. The van der Waals surface area contributed by atoms with E-state index in [0.717, 1.165) is 70.6 Å². The second kappa shape index (κ2) is 8.11. The van der Waals surface area contributed by atoms with Crippen molar-refractivity contribution in [2.75, 3.05) is 31.1 Å². The predicted octanol–water partition coefficient (Wildman–Crippen LogP) is 5.09. The Kier molecular flexibility index (Phi) is 5.13. The molecule has 0 bridgehead atoms. The van der Waals surface area contributed by atoms with Crippen LogP contribution in [0.4, 0.5) is 5.69 Å². The van der Waals surface area contributed by atoms with Crippen LogP contribution in [0.2, 0.25) is 0 Å². The summed E-state index contributed by atoms with van der Waals surface area (Å²) in [5, 5.41) is 9.36. The highest BCUT2D eigenvalue weighted by atomic mass is 16.1. The van der Waals surface area contributed by atoms with Crippen molar-refractivity contribution >= 4 is 17.0 Å². The number of allylic oxidation sites excluding steroid dienone is 2. The molecule has 2 aliphatic heterocycles. The minimum atomic E-state index is -0.292. The highest BCUT2D eigenvalue weighted by Crippen LogP contribution is 2.51. The summed E-state index contributed by atoms with van der Waals surface area (Å²) in [6, 6.07) is 12.8. The quantitative estimate of drug-likeness (QED) is 0.585. The first-order chi connectivity index (χ1) is 16.9. The van der Waals surface area contributed by atoms with Crippen molar-refractivity contribution in [2.24, 2.45) is 0 Å². The third kappa shape index (κ3) is 3.35. The van der Waals surface area contributed by atoms with E-state index in [1.165, 1.54) is 25.9 Å². The van der Waals surface area contributed by atoms with Crippen molar-refractivity contribution < 1.29 is 4.79 Å². The van der Waals surface area contributed by atoms with Crippen LogP contribution in [0.3, 0.4) is 0 Å². The number of Topliss-reactive ketones (excluding diaryl/α,β-unsaturated/α-hetero) is 1. The molecule has 35 heavy (non-hydrogen) atoms. The first-order valence-corrected chi connectivity index (χ1v) is 12.9. The van der Waals surface area contributed by atoms with Gasteiger partial charge in [-0.05, 0) is 91.7 Å². The van der Waals surface area contributed by atoms with Crippen LogP contribution in [-0.2, 0) is 11.8 Å². The average molecular weight is 462 g/mol. The highest BCUT2D eigenvalue weighted by Gasteiger charge is 2.43. The monoisotopic (exact) mass is 461 g/mol. The molecule has 0 amide bonds. The number of likely N-dealkylation sites (tertiary alicyclic amines) is 1. The maximum atomic E-state index is 13.8. The van der Waals surface area contributed by atoms with E-state index in [0.29, 0.717) is 18.0 Å². The number of hydrogen-bond acceptors (Lipinski definition) is 4. The van der Waals surface area contributed by atoms with Crippen LogP contribution in [-0.4, -0.2) is 42.9 Å². The molecule has 2 heterocycles. The largest absolute Gasteiger partial charge is 0.370 e. The number of nitriles is 1. The summed E-state index contributed by atoms with van der Waals surface area (Å²) in [4.78, 5) is 18.9. The van der Waals surface area contributed by atoms with Crippen LogP contribution in [0.25, 0.3) is 5.57 Å². The molecule has 176 valence electrons. The second-order valence-corrected chi connectivity index (χ2v) is 11.0. The molecule has 2 fully saturated rings. The van der Waals surface area contributed by atoms with Crippen LogP contribution in [0.1, 0.15) is 77.7 Å². The van der Waals surface area contributed by atoms with Gasteiger partial charge in [-0.25, -0.2) is 0 Å². The predicted molar refractivity (Wildman–Crippen MR) is 140 cm³/mol. The molecule has 0 unspecified atom stereocenters. The van der Waals surface area contributed by atoms with Gasteiger partial charge in [0.2, 0.25) is 0 Å². The summed E-state index contributed by atoms with van der Waals surface area (Å²) in [6.45, 7) is 8.93. The second-order valence-electron chi connectivity index (χ2n) is 11.0. The minimum absolute atomic E-state index is 0.0635. The van der Waals surface area contributed by atoms with Gasteiger partial charge < -0.3 is 9.80 Å². The zero-order chi connectivity index (χ0) is 24.3. The standard InChI is InChI=1S/C31H31N3O/c1-4-21-16-25-26(18-28(21)34-13-9-23(10-14-34)33-11-5-6-12-33)31(2,3)27-17-22-15-20(19-32)7-8-24(22)29(27)30(25)35/h1,7-8,15-16,18,23H,5-6,9-14,17H2,2-3H3. The number of carbonyl (C=O) groups excluding carboxylic acids is 1. The van der Waals surface area contributed by atoms with E-state index in [1.54, 1.807) is 0 Å². The van der Waals surface area contributed by atoms with E-state index in [-0.39, 0.29) is 11.2 Å². The lowest BCUT2D eigenvalue weighted by Crippen LogP contribution is -2.44. The van der Waals surface area contributed by atoms with E-state index in [2.05, 4.69) is 41.7 Å². The molecule has 4 nitrogen and oxygen atoms in total. The van der Waals surface area contributed by atoms with Gasteiger partial charge in [0.15, 0.2) is 5.78 Å². The van der Waals surface area contributed by atoms with Gasteiger partial charge in [0.25, 0.3) is 0 Å². The maximum Gasteiger partial charge on any atom is 0.193 e. The number of ketones is 1. The van der Waals surface area contributed by atoms with Crippen LogP contribution >= 0.6 is 0 Å². The Labute approximate surface area is 208 Å². The van der Waals surface area contributed by atoms with Gasteiger partial charge >= 0.3 is 0 Å². The van der Waals surface area contributed by atoms with Gasteiger partial charge in [-0.3, -0.25) is 4.79 Å². The summed E-state index contributed by atoms with van der Waals surface area (Å²) < 4.78 is 0. The van der Waals surface area contributed by atoms with Gasteiger partial charge in [-0.2, -0.15) is 5.26 Å². The zero-order valence-electron chi connectivity index (χ0n) is 20.7. The lowest BCUT2D eigenvalue weighted by molar-refractivity contribution is 0.105. The molecule has 2 aliphatic carbocycles. The first kappa shape index (κ1) is 22.1. The Morgan fingerprint density at radius 3 is 2.46 bits per heavy atom. The summed E-state index contributed by atoms with van der Waals surface area (Å²) in [6.07, 6.45) is 11.7. The summed E-state index contributed by atoms with van der Waals surface area (Å²) in [7, 11) is 0. The molecule has 4 heteroatoms. The molecule has 0 aromatic heterocycles. The fourth-order valence-electron chi connectivity index (χ4n) is 6.83. The topological polar surface area (TPSA) is 47.3 Å². The van der Waals surface area contributed by atoms with Crippen molar-refractivity contribution in [2.45, 2.75) is 57.4 Å². The number of hydrogen-bond donors (Lipinski definition) is 0. The molecule has 4 aliphatic rings. The zero-order valence-corrected chi connectivity index (χ0v) is 20.7. The Morgan fingerprint density at radius 2 is 1.77 bits per heavy atom. The molecule has 0 saturated carbocycles. The van der Waals surface area contributed by atoms with E-state index >= 15 is 0 Å². The van der Waals surface area contributed by atoms with E-state index < -0.39 is 0 Å². The molecule has 0 radical (unpaired) electrons. The number of terminal acetylenes is 1. The maximum absolute atomic E-state index is 13.8. The summed E-state index contributed by atoms with van der Waals surface area (Å²) >= 11 is 0. The molecular weight excluding hydrogens is 430 g/mol. The van der Waals surface area contributed by atoms with Crippen LogP contribution in [0.15, 0.2) is 35.9 Å². The smallest absolute Gasteiger partial charge is 0.193 e. The lowest BCUT2D eigenvalue weighted by atomic mass is 9.68. The van der Waals surface area contributed by atoms with E-state index in [1.807, 2.05) is 24.3 Å². The molecule has 0 N–H and O–H groups in total. The number of nitrogens with zero attached hydrogens (tertiary/aromatic N) is 3. The number of fused-ring (bicyclic) bond motifs is 3. The normalized spacial score (nSPS) is 21.4. The Balaban J connectivity index is 1.36. The van der Waals surface area contributed by atoms with Gasteiger partial charge in [-0.1, -0.05) is 25.8 Å². The molecule has 0 spiro atoms. The highest BCUT2D eigenvalue weighted by molar-refractivity contribution is 6.33. The van der Waals surface area contributed by atoms with Gasteiger partial charge in [-0.15, -0.1) is 6.42 Å². The molecule has 2 aromatic carbocycles. The van der Waals surface area contributed by atoms with Crippen molar-refractivity contribution in [3.63, 3.8) is 0 Å². The number of piperidine rings is 1. The van der Waals surface area contributed by atoms with Crippen molar-refractivity contribution in [1.82, 2.24) is 4.90 Å². The fourth-order valence-corrected chi connectivity index (χ4v) is 6.83. The molecule has 0 atom stereocenters. The minimum Gasteiger partial charge on any atom is -0.370 e. The van der Waals surface area contributed by atoms with E-state index in [4.69, 9.17) is 6.42 Å². The lowest BCUT2D eigenvalue weighted by Gasteiger charge is -2.40. The van der Waals surface area contributed by atoms with Crippen molar-refractivity contribution in [1.29, 1.82) is 5.26 Å². The number of anilines is 1. The van der Waals surface area contributed by atoms with Gasteiger partial charge in [0.1, 0.15) is 0 Å². The molecule has 6 rings (SSSR count). The van der Waals surface area contributed by atoms with Gasteiger partial charge in [0, 0.05) is 41.2 Å². The molecular formula is C31H31N3O. The SMILES string of the molecule is C#Cc1cc2c(cc1N1CCC(N3CCCC3)CC1)C(C)(C)C1=C(C2=O)c2ccc(C#N)cc2C1. The van der Waals surface area contributed by atoms with Crippen molar-refractivity contribution in [3.8, 4) is 18.4 Å². The fraction of sp³-hybridized carbons (Fsp3) is 0.419. The number of carbonyl (C=O) groups is 1. The Bertz CT molecular complexity index is 1350. The van der Waals surface area contributed by atoms with Crippen LogP contribution in [0, 0.1) is 23.7 Å². The number of rotatable bonds is 2. The molecule has 2 saturated heterocycles. The summed E-state index contributed by atoms with van der Waals surface area (Å²) in [5.41, 5.74) is 8.08. The van der Waals surface area contributed by atoms with E-state index in [9.17, 15) is 10.1 Å². The van der Waals surface area contributed by atoms with Crippen LogP contribution in [0.5, 0.6) is 0 Å². The first-order valence-electron chi connectivity index (χ1n) is 12.9. The van der Waals surface area contributed by atoms with Crippen molar-refractivity contribution in [3.05, 3.63) is 69.3 Å². The third-order valence-electron chi connectivity index (χ3n) is 8.83. The van der Waals surface area contributed by atoms with Gasteiger partial charge in [0.05, 0.1) is 17.3 Å². The molecule has 2 aromatic rings. The van der Waals surface area contributed by atoms with Crippen LogP contribution < -0.4 is 4.90 Å². The Morgan fingerprint density at radius 1 is 1.03 bits per heavy atom. The average Bonchev–Trinajstić information content (AvgIpc) is 3.55.